The molecule has 2 aliphatic rings. The minimum atomic E-state index is -0.136. The number of piperidine rings is 1. The van der Waals surface area contributed by atoms with Crippen LogP contribution >= 0.6 is 0 Å². The number of benzene rings is 1. The molecule has 208 valence electrons. The van der Waals surface area contributed by atoms with Gasteiger partial charge in [-0.25, -0.2) is 15.0 Å². The maximum atomic E-state index is 13.1. The number of rotatable bonds is 6. The zero-order chi connectivity index (χ0) is 28.2. The standard InChI is InChI=1S/C30H30N8O3/c1-36(2)16-22-18(17-8-10-37(3)27(39)12-17)5-7-25(35-22)34-21-6-4-19(20-13-32-29(40)28(20)21)24-14-31-26-15-33-30-23(38(24)26)9-11-41-30/h4-7,9,11,14-15,17H,8,10,12-13,16H2,1-3H3,(H,32,40)(H,34,35). The molecule has 41 heavy (non-hydrogen) atoms. The van der Waals surface area contributed by atoms with Crippen LogP contribution < -0.4 is 10.6 Å². The van der Waals surface area contributed by atoms with Gasteiger partial charge in [-0.3, -0.25) is 14.0 Å². The molecule has 5 aromatic rings. The van der Waals surface area contributed by atoms with E-state index >= 15 is 0 Å². The van der Waals surface area contributed by atoms with Crippen molar-refractivity contribution in [3.05, 3.63) is 71.4 Å². The Labute approximate surface area is 236 Å². The summed E-state index contributed by atoms with van der Waals surface area (Å²) >= 11 is 0. The maximum absolute atomic E-state index is 13.1. The number of hydrogen-bond acceptors (Lipinski definition) is 8. The first-order valence-electron chi connectivity index (χ1n) is 13.7. The third kappa shape index (κ3) is 4.29. The molecule has 11 heteroatoms. The molecule has 1 atom stereocenters. The molecular formula is C30H30N8O3. The molecule has 0 saturated carbocycles. The van der Waals surface area contributed by atoms with Crippen LogP contribution in [0.2, 0.25) is 0 Å². The fourth-order valence-electron chi connectivity index (χ4n) is 6.00. The zero-order valence-corrected chi connectivity index (χ0v) is 23.1. The predicted octanol–water partition coefficient (Wildman–Crippen LogP) is 3.92. The van der Waals surface area contributed by atoms with Crippen molar-refractivity contribution in [1.82, 2.24) is 34.5 Å². The molecule has 2 N–H and O–H groups in total. The first kappa shape index (κ1) is 25.2. The van der Waals surface area contributed by atoms with E-state index in [1.807, 2.05) is 49.8 Å². The zero-order valence-electron chi connectivity index (χ0n) is 23.1. The number of furan rings is 1. The molecule has 4 aromatic heterocycles. The summed E-state index contributed by atoms with van der Waals surface area (Å²) in [5, 5.41) is 6.41. The van der Waals surface area contributed by atoms with Gasteiger partial charge in [-0.2, -0.15) is 0 Å². The van der Waals surface area contributed by atoms with E-state index in [2.05, 4.69) is 31.6 Å². The van der Waals surface area contributed by atoms with Crippen LogP contribution in [0.3, 0.4) is 0 Å². The number of likely N-dealkylation sites (tertiary alicyclic amines) is 1. The fraction of sp³-hybridized carbons (Fsp3) is 0.300. The van der Waals surface area contributed by atoms with Gasteiger partial charge in [-0.15, -0.1) is 0 Å². The molecule has 2 amide bonds. The Morgan fingerprint density at radius 3 is 2.83 bits per heavy atom. The lowest BCUT2D eigenvalue weighted by Gasteiger charge is -2.30. The number of amides is 2. The third-order valence-corrected chi connectivity index (χ3v) is 8.03. The van der Waals surface area contributed by atoms with Gasteiger partial charge in [0, 0.05) is 44.7 Å². The summed E-state index contributed by atoms with van der Waals surface area (Å²) in [6, 6.07) is 9.81. The van der Waals surface area contributed by atoms with Crippen LogP contribution in [0.1, 0.15) is 45.9 Å². The van der Waals surface area contributed by atoms with Crippen LogP contribution in [0, 0.1) is 0 Å². The van der Waals surface area contributed by atoms with Gasteiger partial charge >= 0.3 is 0 Å². The summed E-state index contributed by atoms with van der Waals surface area (Å²) in [7, 11) is 5.87. The largest absolute Gasteiger partial charge is 0.445 e. The first-order valence-corrected chi connectivity index (χ1v) is 13.7. The highest BCUT2D eigenvalue weighted by Crippen LogP contribution is 2.37. The molecule has 0 bridgehead atoms. The van der Waals surface area contributed by atoms with Crippen LogP contribution in [0.15, 0.2) is 53.4 Å². The van der Waals surface area contributed by atoms with Crippen LogP contribution in [0.5, 0.6) is 0 Å². The summed E-state index contributed by atoms with van der Waals surface area (Å²) in [6.07, 6.45) is 6.49. The van der Waals surface area contributed by atoms with E-state index in [1.54, 1.807) is 23.6 Å². The second-order valence-corrected chi connectivity index (χ2v) is 11.0. The lowest BCUT2D eigenvalue weighted by atomic mass is 9.88. The van der Waals surface area contributed by atoms with Gasteiger partial charge < -0.3 is 24.9 Å². The molecule has 1 fully saturated rings. The number of pyridine rings is 1. The predicted molar refractivity (Wildman–Crippen MR) is 154 cm³/mol. The third-order valence-electron chi connectivity index (χ3n) is 8.03. The van der Waals surface area contributed by atoms with Gasteiger partial charge in [0.1, 0.15) is 11.3 Å². The summed E-state index contributed by atoms with van der Waals surface area (Å²) < 4.78 is 7.51. The van der Waals surface area contributed by atoms with Gasteiger partial charge in [0.05, 0.1) is 41.3 Å². The molecule has 0 spiro atoms. The highest BCUT2D eigenvalue weighted by molar-refractivity contribution is 6.06. The average Bonchev–Trinajstić information content (AvgIpc) is 3.69. The van der Waals surface area contributed by atoms with E-state index in [1.165, 1.54) is 0 Å². The number of anilines is 2. The van der Waals surface area contributed by atoms with Crippen LogP contribution in [0.4, 0.5) is 11.5 Å². The van der Waals surface area contributed by atoms with Crippen LogP contribution in [-0.2, 0) is 17.9 Å². The van der Waals surface area contributed by atoms with Gasteiger partial charge in [0.25, 0.3) is 5.91 Å². The molecule has 11 nitrogen and oxygen atoms in total. The number of nitrogens with zero attached hydrogens (tertiary/aromatic N) is 6. The van der Waals surface area contributed by atoms with Crippen LogP contribution in [-0.4, -0.2) is 68.7 Å². The molecule has 1 unspecified atom stereocenters. The Kier molecular flexibility index (Phi) is 5.97. The normalized spacial score (nSPS) is 17.1. The second kappa shape index (κ2) is 9.70. The SMILES string of the molecule is CN(C)Cc1nc(Nc2ccc(-c3cnc4cnc5occc5n34)c3c2C(=O)NC3)ccc1C1CCN(C)C(=O)C1. The van der Waals surface area contributed by atoms with Crippen molar-refractivity contribution in [3.63, 3.8) is 0 Å². The Morgan fingerprint density at radius 2 is 2.00 bits per heavy atom. The molecule has 2 aliphatic heterocycles. The lowest BCUT2D eigenvalue weighted by Crippen LogP contribution is -2.35. The van der Waals surface area contributed by atoms with Crippen molar-refractivity contribution in [2.24, 2.45) is 0 Å². The summed E-state index contributed by atoms with van der Waals surface area (Å²) in [5.41, 5.74) is 8.02. The molecule has 1 aromatic carbocycles. The van der Waals surface area contributed by atoms with Crippen molar-refractivity contribution in [1.29, 1.82) is 0 Å². The second-order valence-electron chi connectivity index (χ2n) is 11.0. The van der Waals surface area contributed by atoms with Crippen molar-refractivity contribution in [2.75, 3.05) is 33.0 Å². The lowest BCUT2D eigenvalue weighted by molar-refractivity contribution is -0.132. The van der Waals surface area contributed by atoms with E-state index < -0.39 is 0 Å². The highest BCUT2D eigenvalue weighted by atomic mass is 16.3. The van der Waals surface area contributed by atoms with E-state index in [4.69, 9.17) is 9.40 Å². The number of hydrogen-bond donors (Lipinski definition) is 2. The number of imidazole rings is 1. The number of carbonyl (C=O) groups excluding carboxylic acids is 2. The first-order chi connectivity index (χ1) is 19.9. The number of aromatic nitrogens is 4. The number of nitrogens with one attached hydrogen (secondary N) is 2. The Morgan fingerprint density at radius 1 is 1.12 bits per heavy atom. The molecule has 0 radical (unpaired) electrons. The van der Waals surface area contributed by atoms with E-state index in [0.717, 1.165) is 46.6 Å². The maximum Gasteiger partial charge on any atom is 0.254 e. The summed E-state index contributed by atoms with van der Waals surface area (Å²) in [6.45, 7) is 1.80. The van der Waals surface area contributed by atoms with E-state index in [0.29, 0.717) is 47.9 Å². The van der Waals surface area contributed by atoms with E-state index in [9.17, 15) is 9.59 Å². The van der Waals surface area contributed by atoms with Crippen molar-refractivity contribution >= 4 is 40.2 Å². The smallest absolute Gasteiger partial charge is 0.254 e. The van der Waals surface area contributed by atoms with Crippen molar-refractivity contribution < 1.29 is 14.0 Å². The summed E-state index contributed by atoms with van der Waals surface area (Å²) in [4.78, 5) is 43.3. The molecular weight excluding hydrogens is 520 g/mol. The van der Waals surface area contributed by atoms with E-state index in [-0.39, 0.29) is 17.7 Å². The molecule has 7 rings (SSSR count). The minimum absolute atomic E-state index is 0.136. The quantitative estimate of drug-likeness (QED) is 0.326. The van der Waals surface area contributed by atoms with Gasteiger partial charge in [-0.1, -0.05) is 12.1 Å². The number of fused-ring (bicyclic) bond motifs is 4. The highest BCUT2D eigenvalue weighted by Gasteiger charge is 2.29. The Balaban J connectivity index is 1.26. The topological polar surface area (TPSA) is 121 Å². The fourth-order valence-corrected chi connectivity index (χ4v) is 6.00. The average molecular weight is 551 g/mol. The van der Waals surface area contributed by atoms with Crippen molar-refractivity contribution in [3.8, 4) is 11.3 Å². The molecule has 1 saturated heterocycles. The molecule has 6 heterocycles. The monoisotopic (exact) mass is 550 g/mol. The van der Waals surface area contributed by atoms with Crippen LogP contribution in [0.25, 0.3) is 28.1 Å². The Hall–Kier alpha value is -4.77. The number of carbonyl (C=O) groups is 2. The van der Waals surface area contributed by atoms with Gasteiger partial charge in [0.15, 0.2) is 5.65 Å². The Bertz CT molecular complexity index is 1840. The summed E-state index contributed by atoms with van der Waals surface area (Å²) in [5.74, 6) is 0.826. The minimum Gasteiger partial charge on any atom is -0.445 e. The van der Waals surface area contributed by atoms with Crippen molar-refractivity contribution in [2.45, 2.75) is 31.8 Å². The molecule has 0 aliphatic carbocycles. The van der Waals surface area contributed by atoms with Gasteiger partial charge in [-0.05, 0) is 49.7 Å². The van der Waals surface area contributed by atoms with Gasteiger partial charge in [0.2, 0.25) is 11.6 Å².